The zero-order valence-corrected chi connectivity index (χ0v) is 18.3. The number of nitrogens with two attached hydrogens (primary N) is 1. The number of halogens is 4. The van der Waals surface area contributed by atoms with Crippen LogP contribution < -0.4 is 11.1 Å². The van der Waals surface area contributed by atoms with Gasteiger partial charge in [-0.1, -0.05) is 11.6 Å². The highest BCUT2D eigenvalue weighted by Crippen LogP contribution is 2.36. The Morgan fingerprint density at radius 2 is 1.91 bits per heavy atom. The third-order valence-corrected chi connectivity index (χ3v) is 4.85. The molecule has 0 saturated heterocycles. The van der Waals surface area contributed by atoms with E-state index in [2.05, 4.69) is 0 Å². The number of primary amides is 1. The topological polar surface area (TPSA) is 127 Å². The number of urea groups is 1. The average Bonchev–Trinajstić information content (AvgIpc) is 2.98. The molecule has 33 heavy (non-hydrogen) atoms. The number of benzene rings is 1. The minimum atomic E-state index is -4.65. The molecule has 12 heteroatoms. The van der Waals surface area contributed by atoms with Crippen molar-refractivity contribution in [3.8, 4) is 11.8 Å². The third kappa shape index (κ3) is 5.93. The molecule has 2 aromatic rings. The number of ether oxygens (including phenoxy) is 1. The van der Waals surface area contributed by atoms with Crippen molar-refractivity contribution in [1.29, 1.82) is 5.26 Å². The van der Waals surface area contributed by atoms with Gasteiger partial charge in [0.05, 0.1) is 10.6 Å². The molecule has 0 unspecified atom stereocenters. The summed E-state index contributed by atoms with van der Waals surface area (Å²) in [6, 6.07) is 5.51. The highest BCUT2D eigenvalue weighted by Gasteiger charge is 2.33. The normalized spacial score (nSPS) is 12.6. The van der Waals surface area contributed by atoms with E-state index in [0.29, 0.717) is 17.0 Å². The number of carbonyl (C=O) groups excluding carboxylic acids is 3. The van der Waals surface area contributed by atoms with Crippen molar-refractivity contribution >= 4 is 35.6 Å². The Labute approximate surface area is 191 Å². The van der Waals surface area contributed by atoms with E-state index in [1.165, 1.54) is 23.6 Å². The number of amides is 3. The van der Waals surface area contributed by atoms with Crippen molar-refractivity contribution in [3.05, 3.63) is 57.4 Å². The van der Waals surface area contributed by atoms with E-state index in [1.54, 1.807) is 31.3 Å². The van der Waals surface area contributed by atoms with Crippen molar-refractivity contribution in [1.82, 2.24) is 9.88 Å². The second-order valence-electron chi connectivity index (χ2n) is 6.89. The van der Waals surface area contributed by atoms with Gasteiger partial charge in [-0.05, 0) is 56.7 Å². The fraction of sp³-hybridized carbons (Fsp3) is 0.238. The van der Waals surface area contributed by atoms with Gasteiger partial charge in [-0.3, -0.25) is 10.1 Å². The molecule has 8 nitrogen and oxygen atoms in total. The summed E-state index contributed by atoms with van der Waals surface area (Å²) < 4.78 is 46.1. The predicted octanol–water partition coefficient (Wildman–Crippen LogP) is 3.80. The van der Waals surface area contributed by atoms with E-state index >= 15 is 0 Å². The van der Waals surface area contributed by atoms with Gasteiger partial charge in [0.15, 0.2) is 6.10 Å². The summed E-state index contributed by atoms with van der Waals surface area (Å²) in [5, 5.41) is 10.6. The summed E-state index contributed by atoms with van der Waals surface area (Å²) in [4.78, 5) is 34.7. The molecule has 1 atom stereocenters. The number of rotatable bonds is 5. The number of hydrogen-bond acceptors (Lipinski definition) is 5. The number of alkyl halides is 3. The molecule has 3 amide bonds. The number of nitrogens with zero attached hydrogens (tertiary/aromatic N) is 2. The van der Waals surface area contributed by atoms with E-state index in [4.69, 9.17) is 22.1 Å². The van der Waals surface area contributed by atoms with Gasteiger partial charge >= 0.3 is 18.2 Å². The number of hydrogen-bond donors (Lipinski definition) is 2. The summed E-state index contributed by atoms with van der Waals surface area (Å²) >= 11 is 5.69. The van der Waals surface area contributed by atoms with Gasteiger partial charge in [0, 0.05) is 17.1 Å². The minimum Gasteiger partial charge on any atom is -0.448 e. The van der Waals surface area contributed by atoms with E-state index in [1.807, 2.05) is 0 Å². The van der Waals surface area contributed by atoms with Crippen LogP contribution in [0.5, 0.6) is 0 Å². The number of imide groups is 1. The van der Waals surface area contributed by atoms with E-state index in [-0.39, 0.29) is 5.69 Å². The zero-order valence-electron chi connectivity index (χ0n) is 17.6. The molecule has 174 valence electrons. The molecule has 1 heterocycles. The molecule has 0 bridgehead atoms. The number of aromatic nitrogens is 1. The van der Waals surface area contributed by atoms with Crippen LogP contribution in [0.25, 0.3) is 11.8 Å². The Kier molecular flexibility index (Phi) is 7.56. The highest BCUT2D eigenvalue weighted by molar-refractivity contribution is 6.31. The Hall–Kier alpha value is -3.78. The Balaban J connectivity index is 2.41. The maximum atomic E-state index is 13.2. The molecule has 0 radical (unpaired) electrons. The SMILES string of the molecule is Cc1cc(/C=C(\C#N)C(=O)O[C@H](C)C(=O)NC(N)=O)c(C)n1-c1ccc(Cl)c(C(F)(F)F)c1. The zero-order chi connectivity index (χ0) is 25.1. The van der Waals surface area contributed by atoms with Crippen molar-refractivity contribution in [2.24, 2.45) is 5.73 Å². The van der Waals surface area contributed by atoms with E-state index in [9.17, 15) is 32.8 Å². The fourth-order valence-electron chi connectivity index (χ4n) is 2.99. The number of aryl methyl sites for hydroxylation is 1. The summed E-state index contributed by atoms with van der Waals surface area (Å²) in [7, 11) is 0. The second kappa shape index (κ2) is 9.79. The first-order valence-corrected chi connectivity index (χ1v) is 9.63. The molecule has 0 aliphatic rings. The Morgan fingerprint density at radius 1 is 1.27 bits per heavy atom. The molecular formula is C21H18ClF3N4O4. The van der Waals surface area contributed by atoms with E-state index < -0.39 is 46.3 Å². The molecule has 0 spiro atoms. The van der Waals surface area contributed by atoms with Crippen LogP contribution in [0.4, 0.5) is 18.0 Å². The lowest BCUT2D eigenvalue weighted by Crippen LogP contribution is -2.42. The van der Waals surface area contributed by atoms with Crippen LogP contribution in [0.3, 0.4) is 0 Å². The van der Waals surface area contributed by atoms with Crippen molar-refractivity contribution in [2.75, 3.05) is 0 Å². The van der Waals surface area contributed by atoms with Crippen LogP contribution in [0.1, 0.15) is 29.4 Å². The van der Waals surface area contributed by atoms with Gasteiger partial charge in [-0.25, -0.2) is 9.59 Å². The van der Waals surface area contributed by atoms with Crippen molar-refractivity contribution in [3.63, 3.8) is 0 Å². The number of esters is 1. The molecule has 0 fully saturated rings. The highest BCUT2D eigenvalue weighted by atomic mass is 35.5. The first-order valence-electron chi connectivity index (χ1n) is 9.25. The lowest BCUT2D eigenvalue weighted by molar-refractivity contribution is -0.150. The number of nitriles is 1. The molecule has 0 saturated carbocycles. The van der Waals surface area contributed by atoms with Crippen LogP contribution in [-0.4, -0.2) is 28.6 Å². The summed E-state index contributed by atoms with van der Waals surface area (Å²) in [6.07, 6.45) is -4.88. The van der Waals surface area contributed by atoms with E-state index in [0.717, 1.165) is 12.1 Å². The minimum absolute atomic E-state index is 0.180. The average molecular weight is 483 g/mol. The molecular weight excluding hydrogens is 465 g/mol. The number of nitrogens with one attached hydrogen (secondary N) is 1. The second-order valence-corrected chi connectivity index (χ2v) is 7.30. The first-order chi connectivity index (χ1) is 15.3. The smallest absolute Gasteiger partial charge is 0.417 e. The van der Waals surface area contributed by atoms with Crippen LogP contribution in [-0.2, 0) is 20.5 Å². The fourth-order valence-corrected chi connectivity index (χ4v) is 3.22. The van der Waals surface area contributed by atoms with Crippen LogP contribution in [0.2, 0.25) is 5.02 Å². The Bertz CT molecular complexity index is 1200. The summed E-state index contributed by atoms with van der Waals surface area (Å²) in [6.45, 7) is 4.40. The maximum Gasteiger partial charge on any atom is 0.417 e. The van der Waals surface area contributed by atoms with Gasteiger partial charge in [0.25, 0.3) is 5.91 Å². The molecule has 3 N–H and O–H groups in total. The molecule has 2 rings (SSSR count). The standard InChI is InChI=1S/C21H18ClF3N4O4/c1-10-6-13(7-14(9-26)19(31)33-12(3)18(30)28-20(27)32)11(2)29(10)15-4-5-17(22)16(8-15)21(23,24)25/h4-8,12H,1-3H3,(H3,27,28,30,32)/b14-7+/t12-/m1/s1. The third-order valence-electron chi connectivity index (χ3n) is 4.52. The van der Waals surface area contributed by atoms with Gasteiger partial charge in [0.1, 0.15) is 11.6 Å². The summed E-state index contributed by atoms with van der Waals surface area (Å²) in [5.41, 5.74) is 4.85. The predicted molar refractivity (Wildman–Crippen MR) is 112 cm³/mol. The van der Waals surface area contributed by atoms with Crippen LogP contribution in [0, 0.1) is 25.2 Å². The Morgan fingerprint density at radius 3 is 2.45 bits per heavy atom. The quantitative estimate of drug-likeness (QED) is 0.380. The van der Waals surface area contributed by atoms with Crippen molar-refractivity contribution < 1.29 is 32.3 Å². The maximum absolute atomic E-state index is 13.2. The largest absolute Gasteiger partial charge is 0.448 e. The van der Waals surface area contributed by atoms with Gasteiger partial charge in [-0.15, -0.1) is 0 Å². The van der Waals surface area contributed by atoms with Crippen LogP contribution in [0.15, 0.2) is 29.8 Å². The van der Waals surface area contributed by atoms with Gasteiger partial charge < -0.3 is 15.0 Å². The molecule has 0 aliphatic heterocycles. The molecule has 1 aromatic heterocycles. The van der Waals surface area contributed by atoms with Crippen molar-refractivity contribution in [2.45, 2.75) is 33.1 Å². The number of carbonyl (C=O) groups is 3. The van der Waals surface area contributed by atoms with Gasteiger partial charge in [-0.2, -0.15) is 18.4 Å². The first kappa shape index (κ1) is 25.5. The summed E-state index contributed by atoms with van der Waals surface area (Å²) in [5.74, 6) is -2.12. The monoisotopic (exact) mass is 482 g/mol. The van der Waals surface area contributed by atoms with Gasteiger partial charge in [0.2, 0.25) is 0 Å². The lowest BCUT2D eigenvalue weighted by Gasteiger charge is -2.14. The van der Waals surface area contributed by atoms with Crippen LogP contribution >= 0.6 is 11.6 Å². The lowest BCUT2D eigenvalue weighted by atomic mass is 10.1. The molecule has 1 aromatic carbocycles. The molecule has 0 aliphatic carbocycles.